The van der Waals surface area contributed by atoms with Crippen LogP contribution in [0.2, 0.25) is 0 Å². The van der Waals surface area contributed by atoms with Gasteiger partial charge in [-0.25, -0.2) is 14.3 Å². The summed E-state index contributed by atoms with van der Waals surface area (Å²) in [6, 6.07) is 11.5. The van der Waals surface area contributed by atoms with Gasteiger partial charge >= 0.3 is 0 Å². The number of benzene rings is 1. The van der Waals surface area contributed by atoms with Gasteiger partial charge in [0.1, 0.15) is 11.5 Å². The molecule has 0 bridgehead atoms. The van der Waals surface area contributed by atoms with E-state index >= 15 is 0 Å². The van der Waals surface area contributed by atoms with Crippen LogP contribution in [0.5, 0.6) is 5.88 Å². The first-order chi connectivity index (χ1) is 19.7. The van der Waals surface area contributed by atoms with Crippen molar-refractivity contribution in [3.05, 3.63) is 71.8 Å². The first kappa shape index (κ1) is 26.7. The van der Waals surface area contributed by atoms with Crippen LogP contribution >= 0.6 is 0 Å². The van der Waals surface area contributed by atoms with Gasteiger partial charge in [-0.15, -0.1) is 6.58 Å². The summed E-state index contributed by atoms with van der Waals surface area (Å²) in [5.41, 5.74) is 1.83. The van der Waals surface area contributed by atoms with E-state index in [9.17, 15) is 4.79 Å². The van der Waals surface area contributed by atoms with Crippen LogP contribution in [0.15, 0.2) is 66.2 Å². The molecular formula is C30H35N9O2. The molecule has 1 aliphatic rings. The molecule has 0 amide bonds. The van der Waals surface area contributed by atoms with Crippen molar-refractivity contribution in [2.75, 3.05) is 25.5 Å². The van der Waals surface area contributed by atoms with Crippen molar-refractivity contribution in [1.29, 1.82) is 0 Å². The fourth-order valence-electron chi connectivity index (χ4n) is 5.05. The van der Waals surface area contributed by atoms with E-state index in [0.29, 0.717) is 28.7 Å². The number of hydrogen-bond acceptors (Lipinski definition) is 8. The van der Waals surface area contributed by atoms with E-state index in [-0.39, 0.29) is 23.7 Å². The molecule has 11 heteroatoms. The van der Waals surface area contributed by atoms with Gasteiger partial charge in [-0.2, -0.15) is 15.1 Å². The Labute approximate surface area is 238 Å². The van der Waals surface area contributed by atoms with Gasteiger partial charge < -0.3 is 15.0 Å². The number of anilines is 2. The van der Waals surface area contributed by atoms with Crippen molar-refractivity contribution in [3.63, 3.8) is 0 Å². The van der Waals surface area contributed by atoms with Crippen LogP contribution < -0.4 is 15.6 Å². The van der Waals surface area contributed by atoms with E-state index in [1.807, 2.05) is 47.3 Å². The lowest BCUT2D eigenvalue weighted by molar-refractivity contribution is 0.110. The molecule has 41 heavy (non-hydrogen) atoms. The predicted octanol–water partition coefficient (Wildman–Crippen LogP) is 4.48. The lowest BCUT2D eigenvalue weighted by atomic mass is 10.1. The molecule has 0 aliphatic carbocycles. The second kappa shape index (κ2) is 10.5. The van der Waals surface area contributed by atoms with Gasteiger partial charge in [0.25, 0.3) is 5.56 Å². The summed E-state index contributed by atoms with van der Waals surface area (Å²) >= 11 is 0. The maximum absolute atomic E-state index is 13.4. The minimum atomic E-state index is -0.217. The Balaban J connectivity index is 1.36. The summed E-state index contributed by atoms with van der Waals surface area (Å²) in [6.07, 6.45) is 7.26. The number of allylic oxidation sites excluding steroid dienone is 1. The third-order valence-electron chi connectivity index (χ3n) is 7.30. The van der Waals surface area contributed by atoms with Crippen LogP contribution in [0.1, 0.15) is 33.6 Å². The average Bonchev–Trinajstić information content (AvgIpc) is 3.49. The number of hydrogen-bond donors (Lipinski definition) is 1. The van der Waals surface area contributed by atoms with Crippen molar-refractivity contribution >= 4 is 33.6 Å². The average molecular weight is 554 g/mol. The Morgan fingerprint density at radius 1 is 1.15 bits per heavy atom. The Morgan fingerprint density at radius 2 is 1.95 bits per heavy atom. The van der Waals surface area contributed by atoms with Crippen molar-refractivity contribution in [3.8, 4) is 11.7 Å². The van der Waals surface area contributed by atoms with Crippen molar-refractivity contribution < 1.29 is 4.74 Å². The van der Waals surface area contributed by atoms with Crippen molar-refractivity contribution in [1.82, 2.24) is 39.0 Å². The summed E-state index contributed by atoms with van der Waals surface area (Å²) in [5, 5.41) is 9.37. The minimum Gasteiger partial charge on any atom is -0.474 e. The van der Waals surface area contributed by atoms with Crippen molar-refractivity contribution in [2.45, 2.75) is 51.8 Å². The number of rotatable bonds is 7. The Bertz CT molecular complexity index is 1790. The van der Waals surface area contributed by atoms with Gasteiger partial charge in [-0.05, 0) is 64.9 Å². The standard InChI is InChI=1S/C30H35N9O2/c1-6-14-37-28(40)23-18-31-29(32-21-10-11-24-20(17-21)19-38(35-24)30(2,3)4)34-27(23)39(37)25-8-7-9-26(33-25)41-22-12-15-36(5)16-13-22/h6-11,17-19,22H,1,12-16H2,2-5H3,(H,31,32,34). The first-order valence-electron chi connectivity index (χ1n) is 13.9. The monoisotopic (exact) mass is 553 g/mol. The van der Waals surface area contributed by atoms with E-state index in [2.05, 4.69) is 54.7 Å². The van der Waals surface area contributed by atoms with Crippen LogP contribution in [0.25, 0.3) is 27.8 Å². The van der Waals surface area contributed by atoms with Gasteiger partial charge in [0.2, 0.25) is 11.8 Å². The van der Waals surface area contributed by atoms with Crippen LogP contribution in [-0.2, 0) is 12.1 Å². The molecule has 1 N–H and O–H groups in total. The number of nitrogens with zero attached hydrogens (tertiary/aromatic N) is 8. The first-order valence-corrected chi connectivity index (χ1v) is 13.9. The highest BCUT2D eigenvalue weighted by atomic mass is 16.5. The maximum Gasteiger partial charge on any atom is 0.278 e. The molecule has 5 aromatic rings. The Hall–Kier alpha value is -4.51. The highest BCUT2D eigenvalue weighted by Gasteiger charge is 2.21. The molecule has 6 rings (SSSR count). The number of likely N-dealkylation sites (tertiary alicyclic amines) is 1. The minimum absolute atomic E-state index is 0.108. The summed E-state index contributed by atoms with van der Waals surface area (Å²) in [6.45, 7) is 12.5. The molecule has 0 spiro atoms. The van der Waals surface area contributed by atoms with Crippen molar-refractivity contribution in [2.24, 2.45) is 0 Å². The lowest BCUT2D eigenvalue weighted by Crippen LogP contribution is -2.35. The maximum atomic E-state index is 13.4. The number of aromatic nitrogens is 7. The fourth-order valence-corrected chi connectivity index (χ4v) is 5.05. The summed E-state index contributed by atoms with van der Waals surface area (Å²) in [5.74, 6) is 1.42. The van der Waals surface area contributed by atoms with Gasteiger partial charge in [0.05, 0.1) is 17.6 Å². The number of pyridine rings is 1. The zero-order valence-electron chi connectivity index (χ0n) is 23.9. The van der Waals surface area contributed by atoms with Crippen LogP contribution in [0.3, 0.4) is 0 Å². The SMILES string of the molecule is C=CCn1c(=O)c2cnc(Nc3ccc4nn(C(C)(C)C)cc4c3)nc2n1-c1cccc(OC2CCN(C)CC2)n1. The molecule has 0 saturated carbocycles. The number of ether oxygens (including phenoxy) is 1. The smallest absolute Gasteiger partial charge is 0.278 e. The van der Waals surface area contributed by atoms with E-state index in [4.69, 9.17) is 14.7 Å². The molecule has 5 heterocycles. The van der Waals surface area contributed by atoms with Gasteiger partial charge in [0, 0.05) is 42.6 Å². The molecule has 1 aromatic carbocycles. The fraction of sp³-hybridized carbons (Fsp3) is 0.367. The summed E-state index contributed by atoms with van der Waals surface area (Å²) < 4.78 is 11.5. The van der Waals surface area contributed by atoms with Crippen LogP contribution in [-0.4, -0.2) is 65.2 Å². The van der Waals surface area contributed by atoms with Gasteiger partial charge in [-0.3, -0.25) is 9.48 Å². The zero-order chi connectivity index (χ0) is 28.7. The topological polar surface area (TPSA) is 108 Å². The lowest BCUT2D eigenvalue weighted by Gasteiger charge is -2.29. The molecule has 0 radical (unpaired) electrons. The summed E-state index contributed by atoms with van der Waals surface area (Å²) in [7, 11) is 2.12. The molecule has 0 unspecified atom stereocenters. The second-order valence-electron chi connectivity index (χ2n) is 11.5. The van der Waals surface area contributed by atoms with Gasteiger partial charge in [0.15, 0.2) is 11.5 Å². The second-order valence-corrected chi connectivity index (χ2v) is 11.5. The zero-order valence-corrected chi connectivity index (χ0v) is 23.9. The molecule has 1 aliphatic heterocycles. The Morgan fingerprint density at radius 3 is 2.71 bits per heavy atom. The van der Waals surface area contributed by atoms with E-state index in [1.165, 1.54) is 0 Å². The Kier molecular flexibility index (Phi) is 6.82. The molecule has 0 atom stereocenters. The number of fused-ring (bicyclic) bond motifs is 2. The highest BCUT2D eigenvalue weighted by molar-refractivity contribution is 5.83. The normalized spacial score (nSPS) is 15.0. The predicted molar refractivity (Wildman–Crippen MR) is 160 cm³/mol. The quantitative estimate of drug-likeness (QED) is 0.294. The van der Waals surface area contributed by atoms with Gasteiger partial charge in [-0.1, -0.05) is 12.1 Å². The molecule has 11 nitrogen and oxygen atoms in total. The third-order valence-corrected chi connectivity index (χ3v) is 7.30. The van der Waals surface area contributed by atoms with E-state index in [0.717, 1.165) is 42.5 Å². The molecule has 212 valence electrons. The van der Waals surface area contributed by atoms with E-state index < -0.39 is 0 Å². The third kappa shape index (κ3) is 5.32. The van der Waals surface area contributed by atoms with Crippen LogP contribution in [0, 0.1) is 0 Å². The number of piperidine rings is 1. The highest BCUT2D eigenvalue weighted by Crippen LogP contribution is 2.25. The van der Waals surface area contributed by atoms with Crippen LogP contribution in [0.4, 0.5) is 11.6 Å². The molecular weight excluding hydrogens is 518 g/mol. The molecule has 1 saturated heterocycles. The van der Waals surface area contributed by atoms with E-state index in [1.54, 1.807) is 21.6 Å². The number of nitrogens with one attached hydrogen (secondary N) is 1. The molecule has 1 fully saturated rings. The molecule has 4 aromatic heterocycles. The largest absolute Gasteiger partial charge is 0.474 e. The summed E-state index contributed by atoms with van der Waals surface area (Å²) in [4.78, 5) is 29.7.